The summed E-state index contributed by atoms with van der Waals surface area (Å²) in [7, 11) is 2.19. The smallest absolute Gasteiger partial charge is 0.0360 e. The molecule has 0 aliphatic carbocycles. The second-order valence-corrected chi connectivity index (χ2v) is 3.93. The van der Waals surface area contributed by atoms with Crippen LogP contribution in [0, 0.1) is 6.92 Å². The molecule has 70 valence electrons. The van der Waals surface area contributed by atoms with Crippen LogP contribution in [-0.2, 0) is 0 Å². The van der Waals surface area contributed by atoms with Crippen molar-refractivity contribution in [3.63, 3.8) is 0 Å². The van der Waals surface area contributed by atoms with Gasteiger partial charge in [0.2, 0.25) is 0 Å². The summed E-state index contributed by atoms with van der Waals surface area (Å²) in [5, 5.41) is 0. The molecule has 13 heavy (non-hydrogen) atoms. The van der Waals surface area contributed by atoms with Gasteiger partial charge in [-0.3, -0.25) is 9.88 Å². The second kappa shape index (κ2) is 3.46. The molecule has 1 aromatic heterocycles. The Hall–Kier alpha value is -0.890. The number of pyridine rings is 1. The third kappa shape index (κ3) is 1.73. The quantitative estimate of drug-likeness (QED) is 0.652. The number of hydrogen-bond donors (Lipinski definition) is 0. The Balaban J connectivity index is 2.24. The SMILES string of the molecule is Cc1cncc(C2CCCN2C)c1. The summed E-state index contributed by atoms with van der Waals surface area (Å²) in [5.41, 5.74) is 2.64. The van der Waals surface area contributed by atoms with Gasteiger partial charge < -0.3 is 0 Å². The molecule has 0 amide bonds. The highest BCUT2D eigenvalue weighted by atomic mass is 15.1. The lowest BCUT2D eigenvalue weighted by atomic mass is 10.1. The molecule has 0 saturated carbocycles. The average Bonchev–Trinajstić information content (AvgIpc) is 2.51. The number of aromatic nitrogens is 1. The molecule has 1 aromatic rings. The average molecular weight is 176 g/mol. The zero-order valence-corrected chi connectivity index (χ0v) is 8.33. The fourth-order valence-electron chi connectivity index (χ4n) is 2.09. The molecular formula is C11H16N2. The molecule has 0 spiro atoms. The Kier molecular flexibility index (Phi) is 2.32. The molecule has 2 heteroatoms. The molecule has 0 aromatic carbocycles. The lowest BCUT2D eigenvalue weighted by molar-refractivity contribution is 0.317. The van der Waals surface area contributed by atoms with Gasteiger partial charge in [0.15, 0.2) is 0 Å². The van der Waals surface area contributed by atoms with Gasteiger partial charge in [-0.05, 0) is 44.5 Å². The van der Waals surface area contributed by atoms with Crippen molar-refractivity contribution in [3.05, 3.63) is 29.6 Å². The highest BCUT2D eigenvalue weighted by molar-refractivity contribution is 5.20. The van der Waals surface area contributed by atoms with Gasteiger partial charge in [-0.2, -0.15) is 0 Å². The van der Waals surface area contributed by atoms with Crippen LogP contribution in [0.5, 0.6) is 0 Å². The van der Waals surface area contributed by atoms with Crippen LogP contribution in [0.3, 0.4) is 0 Å². The molecule has 0 radical (unpaired) electrons. The molecule has 1 unspecified atom stereocenters. The Labute approximate surface area is 79.6 Å². The minimum absolute atomic E-state index is 0.604. The number of rotatable bonds is 1. The van der Waals surface area contributed by atoms with Crippen molar-refractivity contribution in [3.8, 4) is 0 Å². The molecule has 1 fully saturated rings. The van der Waals surface area contributed by atoms with E-state index in [0.717, 1.165) is 0 Å². The largest absolute Gasteiger partial charge is 0.299 e. The van der Waals surface area contributed by atoms with Crippen LogP contribution in [-0.4, -0.2) is 23.5 Å². The molecular weight excluding hydrogens is 160 g/mol. The summed E-state index contributed by atoms with van der Waals surface area (Å²) >= 11 is 0. The van der Waals surface area contributed by atoms with Crippen molar-refractivity contribution in [2.45, 2.75) is 25.8 Å². The zero-order valence-electron chi connectivity index (χ0n) is 8.33. The van der Waals surface area contributed by atoms with Crippen LogP contribution in [0.1, 0.15) is 30.0 Å². The first-order valence-electron chi connectivity index (χ1n) is 4.89. The molecule has 1 saturated heterocycles. The van der Waals surface area contributed by atoms with Crippen molar-refractivity contribution >= 4 is 0 Å². The number of hydrogen-bond acceptors (Lipinski definition) is 2. The van der Waals surface area contributed by atoms with E-state index < -0.39 is 0 Å². The fraction of sp³-hybridized carbons (Fsp3) is 0.545. The van der Waals surface area contributed by atoms with E-state index in [9.17, 15) is 0 Å². The van der Waals surface area contributed by atoms with Gasteiger partial charge in [0, 0.05) is 18.4 Å². The first-order valence-corrected chi connectivity index (χ1v) is 4.89. The van der Waals surface area contributed by atoms with Gasteiger partial charge in [0.1, 0.15) is 0 Å². The van der Waals surface area contributed by atoms with Gasteiger partial charge in [-0.1, -0.05) is 6.07 Å². The summed E-state index contributed by atoms with van der Waals surface area (Å²) in [4.78, 5) is 6.65. The molecule has 1 atom stereocenters. The van der Waals surface area contributed by atoms with Crippen molar-refractivity contribution in [1.82, 2.24) is 9.88 Å². The fourth-order valence-corrected chi connectivity index (χ4v) is 2.09. The maximum absolute atomic E-state index is 4.24. The maximum Gasteiger partial charge on any atom is 0.0360 e. The topological polar surface area (TPSA) is 16.1 Å². The van der Waals surface area contributed by atoms with Gasteiger partial charge in [-0.25, -0.2) is 0 Å². The highest BCUT2D eigenvalue weighted by Crippen LogP contribution is 2.29. The first kappa shape index (κ1) is 8.70. The van der Waals surface area contributed by atoms with Crippen LogP contribution >= 0.6 is 0 Å². The molecule has 0 N–H and O–H groups in total. The third-order valence-electron chi connectivity index (χ3n) is 2.80. The molecule has 2 rings (SSSR count). The van der Waals surface area contributed by atoms with Crippen LogP contribution < -0.4 is 0 Å². The maximum atomic E-state index is 4.24. The Morgan fingerprint density at radius 3 is 2.92 bits per heavy atom. The van der Waals surface area contributed by atoms with E-state index in [1.807, 2.05) is 12.4 Å². The molecule has 1 aliphatic rings. The lowest BCUT2D eigenvalue weighted by Crippen LogP contribution is -2.17. The summed E-state index contributed by atoms with van der Waals surface area (Å²) < 4.78 is 0. The van der Waals surface area contributed by atoms with Crippen LogP contribution in [0.25, 0.3) is 0 Å². The van der Waals surface area contributed by atoms with E-state index in [1.165, 1.54) is 30.5 Å². The lowest BCUT2D eigenvalue weighted by Gasteiger charge is -2.19. The number of likely N-dealkylation sites (tertiary alicyclic amines) is 1. The van der Waals surface area contributed by atoms with Gasteiger partial charge in [0.25, 0.3) is 0 Å². The summed E-state index contributed by atoms with van der Waals surface area (Å²) in [6, 6.07) is 2.85. The standard InChI is InChI=1S/C11H16N2/c1-9-6-10(8-12-7-9)11-4-3-5-13(11)2/h6-8,11H,3-5H2,1-2H3. The van der Waals surface area contributed by atoms with Crippen molar-refractivity contribution in [2.24, 2.45) is 0 Å². The van der Waals surface area contributed by atoms with Crippen LogP contribution in [0.15, 0.2) is 18.5 Å². The van der Waals surface area contributed by atoms with E-state index >= 15 is 0 Å². The minimum atomic E-state index is 0.604. The normalized spacial score (nSPS) is 23.7. The first-order chi connectivity index (χ1) is 6.27. The van der Waals surface area contributed by atoms with E-state index in [0.29, 0.717) is 6.04 Å². The van der Waals surface area contributed by atoms with Gasteiger partial charge >= 0.3 is 0 Å². The second-order valence-electron chi connectivity index (χ2n) is 3.93. The summed E-state index contributed by atoms with van der Waals surface area (Å²) in [6.07, 6.45) is 6.51. The van der Waals surface area contributed by atoms with E-state index in [1.54, 1.807) is 0 Å². The van der Waals surface area contributed by atoms with E-state index in [2.05, 4.69) is 29.9 Å². The van der Waals surface area contributed by atoms with Crippen LogP contribution in [0.2, 0.25) is 0 Å². The van der Waals surface area contributed by atoms with Gasteiger partial charge in [-0.15, -0.1) is 0 Å². The third-order valence-corrected chi connectivity index (χ3v) is 2.80. The molecule has 2 heterocycles. The van der Waals surface area contributed by atoms with E-state index in [-0.39, 0.29) is 0 Å². The minimum Gasteiger partial charge on any atom is -0.299 e. The Morgan fingerprint density at radius 2 is 2.31 bits per heavy atom. The summed E-state index contributed by atoms with van der Waals surface area (Å²) in [5.74, 6) is 0. The van der Waals surface area contributed by atoms with Gasteiger partial charge in [0.05, 0.1) is 0 Å². The summed E-state index contributed by atoms with van der Waals surface area (Å²) in [6.45, 7) is 3.32. The number of nitrogens with zero attached hydrogens (tertiary/aromatic N) is 2. The molecule has 0 bridgehead atoms. The molecule has 1 aliphatic heterocycles. The Bertz CT molecular complexity index is 296. The van der Waals surface area contributed by atoms with Crippen molar-refractivity contribution in [2.75, 3.05) is 13.6 Å². The molecule has 2 nitrogen and oxygen atoms in total. The zero-order chi connectivity index (χ0) is 9.26. The number of aryl methyl sites for hydroxylation is 1. The van der Waals surface area contributed by atoms with Crippen molar-refractivity contribution in [1.29, 1.82) is 0 Å². The monoisotopic (exact) mass is 176 g/mol. The van der Waals surface area contributed by atoms with Crippen LogP contribution in [0.4, 0.5) is 0 Å². The predicted octanol–water partition coefficient (Wildman–Crippen LogP) is 2.16. The van der Waals surface area contributed by atoms with Crippen molar-refractivity contribution < 1.29 is 0 Å². The Morgan fingerprint density at radius 1 is 1.46 bits per heavy atom. The predicted molar refractivity (Wildman–Crippen MR) is 53.6 cm³/mol. The highest BCUT2D eigenvalue weighted by Gasteiger charge is 2.22. The van der Waals surface area contributed by atoms with E-state index in [4.69, 9.17) is 0 Å².